The van der Waals surface area contributed by atoms with E-state index in [-0.39, 0.29) is 5.82 Å². The molecular weight excluding hydrogens is 393 g/mol. The predicted molar refractivity (Wildman–Crippen MR) is 115 cm³/mol. The molecule has 0 radical (unpaired) electrons. The summed E-state index contributed by atoms with van der Waals surface area (Å²) in [5.74, 6) is 0.584. The third-order valence-electron chi connectivity index (χ3n) is 5.32. The van der Waals surface area contributed by atoms with E-state index in [1.807, 2.05) is 36.4 Å². The Morgan fingerprint density at radius 1 is 0.903 bits per heavy atom. The normalized spacial score (nSPS) is 18.7. The van der Waals surface area contributed by atoms with Crippen molar-refractivity contribution in [1.82, 2.24) is 15.0 Å². The van der Waals surface area contributed by atoms with Crippen LogP contribution in [0.1, 0.15) is 17.7 Å². The third-order valence-corrected chi connectivity index (χ3v) is 5.32. The molecule has 0 unspecified atom stereocenters. The molecule has 2 aromatic heterocycles. The summed E-state index contributed by atoms with van der Waals surface area (Å²) in [6.45, 7) is 1.18. The van der Waals surface area contributed by atoms with Gasteiger partial charge in [-0.05, 0) is 48.4 Å². The van der Waals surface area contributed by atoms with Crippen LogP contribution < -0.4 is 0 Å². The predicted octanol–water partition coefficient (Wildman–Crippen LogP) is 5.18. The molecule has 0 aliphatic carbocycles. The van der Waals surface area contributed by atoms with Gasteiger partial charge in [-0.3, -0.25) is 4.98 Å². The molecule has 156 valence electrons. The maximum Gasteiger partial charge on any atom is 0.217 e. The minimum absolute atomic E-state index is 0.290. The molecule has 5 rings (SSSR count). The monoisotopic (exact) mass is 415 g/mol. The number of ether oxygens (including phenoxy) is 2. The molecule has 31 heavy (non-hydrogen) atoms. The topological polar surface area (TPSA) is 60.0 Å². The van der Waals surface area contributed by atoms with Crippen molar-refractivity contribution < 1.29 is 13.9 Å². The molecule has 0 atom stereocenters. The second-order valence-corrected chi connectivity index (χ2v) is 7.62. The Morgan fingerprint density at radius 2 is 1.65 bits per heavy atom. The molecule has 5 nitrogen and oxygen atoms in total. The zero-order chi connectivity index (χ0) is 21.0. The highest BCUT2D eigenvalue weighted by Crippen LogP contribution is 2.33. The van der Waals surface area contributed by atoms with Crippen LogP contribution in [-0.2, 0) is 15.9 Å². The molecule has 1 N–H and O–H groups in total. The lowest BCUT2D eigenvalue weighted by molar-refractivity contribution is -0.208. The van der Waals surface area contributed by atoms with Crippen LogP contribution in [-0.4, -0.2) is 28.2 Å². The van der Waals surface area contributed by atoms with Gasteiger partial charge in [0.15, 0.2) is 5.82 Å². The average Bonchev–Trinajstić information content (AvgIpc) is 3.27. The fourth-order valence-corrected chi connectivity index (χ4v) is 3.78. The number of nitrogens with one attached hydrogen (secondary N) is 1. The lowest BCUT2D eigenvalue weighted by Gasteiger charge is -2.28. The van der Waals surface area contributed by atoms with Crippen molar-refractivity contribution in [2.45, 2.75) is 12.7 Å². The van der Waals surface area contributed by atoms with Gasteiger partial charge in [0.05, 0.1) is 30.3 Å². The Balaban J connectivity index is 1.38. The summed E-state index contributed by atoms with van der Waals surface area (Å²) in [4.78, 5) is 12.5. The van der Waals surface area contributed by atoms with Gasteiger partial charge in [0, 0.05) is 17.7 Å². The lowest BCUT2D eigenvalue weighted by Crippen LogP contribution is -2.29. The number of hydrogen-bond donors (Lipinski definition) is 1. The second kappa shape index (κ2) is 8.79. The van der Waals surface area contributed by atoms with Gasteiger partial charge in [-0.2, -0.15) is 0 Å². The number of H-pyrrole nitrogens is 1. The molecule has 4 aromatic rings. The Kier molecular flexibility index (Phi) is 5.56. The zero-order valence-corrected chi connectivity index (χ0v) is 16.9. The van der Waals surface area contributed by atoms with E-state index >= 15 is 0 Å². The van der Waals surface area contributed by atoms with E-state index in [4.69, 9.17) is 14.5 Å². The molecule has 2 aromatic carbocycles. The number of aromatic nitrogens is 3. The van der Waals surface area contributed by atoms with Crippen LogP contribution in [0.2, 0.25) is 0 Å². The largest absolute Gasteiger partial charge is 0.346 e. The van der Waals surface area contributed by atoms with Crippen LogP contribution in [0.5, 0.6) is 0 Å². The van der Waals surface area contributed by atoms with E-state index in [1.54, 1.807) is 18.3 Å². The van der Waals surface area contributed by atoms with Gasteiger partial charge in [-0.25, -0.2) is 9.37 Å². The van der Waals surface area contributed by atoms with Gasteiger partial charge in [-0.1, -0.05) is 36.4 Å². The maximum atomic E-state index is 13.4. The van der Waals surface area contributed by atoms with E-state index in [2.05, 4.69) is 22.1 Å². The van der Waals surface area contributed by atoms with Crippen molar-refractivity contribution in [1.29, 1.82) is 0 Å². The number of halogens is 1. The van der Waals surface area contributed by atoms with Gasteiger partial charge in [0.2, 0.25) is 6.29 Å². The quantitative estimate of drug-likeness (QED) is 0.488. The Morgan fingerprint density at radius 3 is 2.35 bits per heavy atom. The van der Waals surface area contributed by atoms with Crippen LogP contribution in [0, 0.1) is 11.7 Å². The molecule has 3 heterocycles. The first-order valence-corrected chi connectivity index (χ1v) is 10.3. The first-order valence-electron chi connectivity index (χ1n) is 10.3. The maximum absolute atomic E-state index is 13.4. The van der Waals surface area contributed by atoms with Crippen molar-refractivity contribution in [3.63, 3.8) is 0 Å². The fourth-order valence-electron chi connectivity index (χ4n) is 3.78. The molecule has 0 spiro atoms. The highest BCUT2D eigenvalue weighted by Gasteiger charge is 2.28. The molecule has 1 saturated heterocycles. The van der Waals surface area contributed by atoms with Gasteiger partial charge in [-0.15, -0.1) is 0 Å². The van der Waals surface area contributed by atoms with Crippen LogP contribution in [0.3, 0.4) is 0 Å². The van der Waals surface area contributed by atoms with Crippen molar-refractivity contribution >= 4 is 0 Å². The van der Waals surface area contributed by atoms with Gasteiger partial charge >= 0.3 is 0 Å². The lowest BCUT2D eigenvalue weighted by atomic mass is 10.0. The summed E-state index contributed by atoms with van der Waals surface area (Å²) < 4.78 is 25.5. The number of nitrogens with zero attached hydrogens (tertiary/aromatic N) is 2. The summed E-state index contributed by atoms with van der Waals surface area (Å²) >= 11 is 0. The number of benzene rings is 2. The number of hydrogen-bond acceptors (Lipinski definition) is 4. The number of aromatic amines is 1. The van der Waals surface area contributed by atoms with Crippen molar-refractivity contribution in [2.75, 3.05) is 13.2 Å². The van der Waals surface area contributed by atoms with E-state index in [9.17, 15) is 4.39 Å². The van der Waals surface area contributed by atoms with Gasteiger partial charge in [0.1, 0.15) is 5.82 Å². The standard InChI is InChI=1S/C25H22FN3O2/c26-20-11-9-19(10-12-20)22-23(21-8-4-5-13-27-21)29-24(28-22)25-30-15-18(16-31-25)14-17-6-2-1-3-7-17/h1-13,18,25H,14-16H2,(H,28,29). The SMILES string of the molecule is Fc1ccc(-c2nc(C3OCC(Cc4ccccc4)CO3)[nH]c2-c2ccccn2)cc1. The summed E-state index contributed by atoms with van der Waals surface area (Å²) in [6, 6.07) is 22.3. The first kappa shape index (κ1) is 19.6. The number of imidazole rings is 1. The van der Waals surface area contributed by atoms with Crippen molar-refractivity contribution in [3.05, 3.63) is 96.2 Å². The Bertz CT molecular complexity index is 1120. The van der Waals surface area contributed by atoms with E-state index in [0.717, 1.165) is 23.4 Å². The van der Waals surface area contributed by atoms with E-state index < -0.39 is 6.29 Å². The summed E-state index contributed by atoms with van der Waals surface area (Å²) in [7, 11) is 0. The number of pyridine rings is 1. The second-order valence-electron chi connectivity index (χ2n) is 7.62. The van der Waals surface area contributed by atoms with E-state index in [0.29, 0.717) is 30.7 Å². The molecular formula is C25H22FN3O2. The van der Waals surface area contributed by atoms with Crippen LogP contribution in [0.15, 0.2) is 79.0 Å². The number of rotatable bonds is 5. The molecule has 6 heteroatoms. The summed E-state index contributed by atoms with van der Waals surface area (Å²) in [5, 5.41) is 0. The summed E-state index contributed by atoms with van der Waals surface area (Å²) in [5.41, 5.74) is 4.25. The molecule has 0 bridgehead atoms. The molecule has 0 saturated carbocycles. The Hall–Kier alpha value is -3.35. The van der Waals surface area contributed by atoms with Crippen LogP contribution in [0.4, 0.5) is 4.39 Å². The molecule has 0 amide bonds. The van der Waals surface area contributed by atoms with Crippen molar-refractivity contribution in [2.24, 2.45) is 5.92 Å². The summed E-state index contributed by atoms with van der Waals surface area (Å²) in [6.07, 6.45) is 2.06. The smallest absolute Gasteiger partial charge is 0.217 e. The molecule has 1 fully saturated rings. The average molecular weight is 415 g/mol. The van der Waals surface area contributed by atoms with Crippen LogP contribution >= 0.6 is 0 Å². The minimum Gasteiger partial charge on any atom is -0.346 e. The van der Waals surface area contributed by atoms with Crippen LogP contribution in [0.25, 0.3) is 22.6 Å². The Labute approximate surface area is 179 Å². The van der Waals surface area contributed by atoms with Crippen molar-refractivity contribution in [3.8, 4) is 22.6 Å². The highest BCUT2D eigenvalue weighted by molar-refractivity contribution is 5.76. The fraction of sp³-hybridized carbons (Fsp3) is 0.200. The third kappa shape index (κ3) is 4.40. The van der Waals surface area contributed by atoms with Gasteiger partial charge < -0.3 is 14.5 Å². The first-order chi connectivity index (χ1) is 15.3. The highest BCUT2D eigenvalue weighted by atomic mass is 19.1. The molecule has 1 aliphatic rings. The zero-order valence-electron chi connectivity index (χ0n) is 16.9. The minimum atomic E-state index is -0.580. The van der Waals surface area contributed by atoms with E-state index in [1.165, 1.54) is 17.7 Å². The molecule has 1 aliphatic heterocycles. The van der Waals surface area contributed by atoms with Gasteiger partial charge in [0.25, 0.3) is 0 Å².